The highest BCUT2D eigenvalue weighted by Gasteiger charge is 2.26. The van der Waals surface area contributed by atoms with E-state index >= 15 is 0 Å². The smallest absolute Gasteiger partial charge is 0.231 e. The lowest BCUT2D eigenvalue weighted by atomic mass is 10.1. The predicted molar refractivity (Wildman–Crippen MR) is 76.4 cm³/mol. The normalized spacial score (nSPS) is 14.0. The molecule has 19 heavy (non-hydrogen) atoms. The predicted octanol–water partition coefficient (Wildman–Crippen LogP) is 1.11. The van der Waals surface area contributed by atoms with Crippen LogP contribution in [0.2, 0.25) is 0 Å². The van der Waals surface area contributed by atoms with Gasteiger partial charge in [-0.1, -0.05) is 12.1 Å². The second kappa shape index (κ2) is 6.68. The summed E-state index contributed by atoms with van der Waals surface area (Å²) in [5, 5.41) is 11.9. The minimum absolute atomic E-state index is 0.179. The third-order valence-electron chi connectivity index (χ3n) is 3.53. The average molecular weight is 262 g/mol. The van der Waals surface area contributed by atoms with Gasteiger partial charge in [0.2, 0.25) is 5.91 Å². The van der Waals surface area contributed by atoms with Crippen LogP contribution in [0.5, 0.6) is 0 Å². The number of benzene rings is 1. The van der Waals surface area contributed by atoms with E-state index in [1.54, 1.807) is 0 Å². The lowest BCUT2D eigenvalue weighted by molar-refractivity contribution is -0.117. The van der Waals surface area contributed by atoms with Crippen LogP contribution < -0.4 is 10.2 Å². The number of carbonyl (C=O) groups excluding carboxylic acids is 1. The molecule has 4 heteroatoms. The molecule has 0 unspecified atom stereocenters. The lowest BCUT2D eigenvalue weighted by Crippen LogP contribution is -2.27. The summed E-state index contributed by atoms with van der Waals surface area (Å²) in [4.78, 5) is 13.9. The van der Waals surface area contributed by atoms with Gasteiger partial charge in [0.15, 0.2) is 0 Å². The molecule has 0 aliphatic carbocycles. The number of hydrogen-bond acceptors (Lipinski definition) is 3. The zero-order valence-corrected chi connectivity index (χ0v) is 11.5. The van der Waals surface area contributed by atoms with Crippen molar-refractivity contribution in [3.8, 4) is 0 Å². The van der Waals surface area contributed by atoms with Crippen molar-refractivity contribution >= 4 is 11.6 Å². The lowest BCUT2D eigenvalue weighted by Gasteiger charge is -2.17. The van der Waals surface area contributed by atoms with E-state index in [4.69, 9.17) is 5.11 Å². The first-order valence-electron chi connectivity index (χ1n) is 6.94. The van der Waals surface area contributed by atoms with Crippen molar-refractivity contribution in [3.63, 3.8) is 0 Å². The summed E-state index contributed by atoms with van der Waals surface area (Å²) in [5.41, 5.74) is 3.47. The van der Waals surface area contributed by atoms with Gasteiger partial charge in [-0.25, -0.2) is 0 Å². The van der Waals surface area contributed by atoms with E-state index in [-0.39, 0.29) is 12.5 Å². The van der Waals surface area contributed by atoms with Gasteiger partial charge in [-0.2, -0.15) is 0 Å². The maximum absolute atomic E-state index is 12.0. The largest absolute Gasteiger partial charge is 0.396 e. The number of likely N-dealkylation sites (N-methyl/N-ethyl adjacent to an activating group) is 1. The minimum atomic E-state index is 0.179. The Morgan fingerprint density at radius 3 is 2.95 bits per heavy atom. The van der Waals surface area contributed by atoms with Crippen LogP contribution in [0.25, 0.3) is 0 Å². The summed E-state index contributed by atoms with van der Waals surface area (Å²) in [6.07, 6.45) is 3.10. The van der Waals surface area contributed by atoms with E-state index < -0.39 is 0 Å². The summed E-state index contributed by atoms with van der Waals surface area (Å²) in [6.45, 7) is 1.85. The maximum atomic E-state index is 12.0. The van der Waals surface area contributed by atoms with Crippen molar-refractivity contribution in [1.82, 2.24) is 5.32 Å². The maximum Gasteiger partial charge on any atom is 0.231 e. The number of anilines is 1. The van der Waals surface area contributed by atoms with Gasteiger partial charge in [0.25, 0.3) is 0 Å². The van der Waals surface area contributed by atoms with E-state index in [9.17, 15) is 4.79 Å². The van der Waals surface area contributed by atoms with Crippen molar-refractivity contribution in [3.05, 3.63) is 29.3 Å². The van der Waals surface area contributed by atoms with Gasteiger partial charge in [-0.15, -0.1) is 0 Å². The number of nitrogens with zero attached hydrogens (tertiary/aromatic N) is 1. The molecule has 104 valence electrons. The fourth-order valence-corrected chi connectivity index (χ4v) is 2.49. The van der Waals surface area contributed by atoms with E-state index in [2.05, 4.69) is 23.5 Å². The topological polar surface area (TPSA) is 52.6 Å². The Kier molecular flexibility index (Phi) is 4.93. The van der Waals surface area contributed by atoms with Crippen molar-refractivity contribution < 1.29 is 9.90 Å². The molecule has 1 amide bonds. The number of aliphatic hydroxyl groups is 1. The number of rotatable bonds is 7. The summed E-state index contributed by atoms with van der Waals surface area (Å²) < 4.78 is 0. The Morgan fingerprint density at radius 2 is 2.21 bits per heavy atom. The monoisotopic (exact) mass is 262 g/mol. The highest BCUT2D eigenvalue weighted by atomic mass is 16.3. The molecular formula is C15H22N2O2. The molecule has 0 radical (unpaired) electrons. The Bertz CT molecular complexity index is 446. The SMILES string of the molecule is CNCCc1ccc2c(c1)CC(=O)N2CCCCO. The molecule has 0 atom stereocenters. The molecule has 0 saturated carbocycles. The van der Waals surface area contributed by atoms with Crippen molar-refractivity contribution in [2.24, 2.45) is 0 Å². The molecule has 2 N–H and O–H groups in total. The van der Waals surface area contributed by atoms with Crippen LogP contribution in [0.15, 0.2) is 18.2 Å². The van der Waals surface area contributed by atoms with Crippen LogP contribution in [-0.2, 0) is 17.6 Å². The Hall–Kier alpha value is -1.39. The first kappa shape index (κ1) is 14.0. The van der Waals surface area contributed by atoms with E-state index in [0.717, 1.165) is 37.1 Å². The van der Waals surface area contributed by atoms with E-state index in [1.807, 2.05) is 11.9 Å². The Balaban J connectivity index is 2.06. The summed E-state index contributed by atoms with van der Waals surface area (Å²) in [7, 11) is 1.94. The van der Waals surface area contributed by atoms with Crippen LogP contribution in [0.1, 0.15) is 24.0 Å². The third-order valence-corrected chi connectivity index (χ3v) is 3.53. The summed E-state index contributed by atoms with van der Waals surface area (Å²) in [6, 6.07) is 6.31. The number of unbranched alkanes of at least 4 members (excludes halogenated alkanes) is 1. The number of hydrogen-bond donors (Lipinski definition) is 2. The number of amides is 1. The second-order valence-corrected chi connectivity index (χ2v) is 4.97. The van der Waals surface area contributed by atoms with Crippen molar-refractivity contribution in [2.45, 2.75) is 25.7 Å². The van der Waals surface area contributed by atoms with Crippen LogP contribution >= 0.6 is 0 Å². The zero-order chi connectivity index (χ0) is 13.7. The van der Waals surface area contributed by atoms with Crippen molar-refractivity contribution in [2.75, 3.05) is 31.6 Å². The second-order valence-electron chi connectivity index (χ2n) is 4.97. The standard InChI is InChI=1S/C15H22N2O2/c1-16-7-6-12-4-5-14-13(10-12)11-15(19)17(14)8-2-3-9-18/h4-5,10,16,18H,2-3,6-9,11H2,1H3. The fourth-order valence-electron chi connectivity index (χ4n) is 2.49. The van der Waals surface area contributed by atoms with Gasteiger partial charge in [0.05, 0.1) is 6.42 Å². The minimum Gasteiger partial charge on any atom is -0.396 e. The third kappa shape index (κ3) is 3.33. The van der Waals surface area contributed by atoms with Gasteiger partial charge in [-0.3, -0.25) is 4.79 Å². The van der Waals surface area contributed by atoms with Crippen molar-refractivity contribution in [1.29, 1.82) is 0 Å². The van der Waals surface area contributed by atoms with E-state index in [1.165, 1.54) is 5.56 Å². The van der Waals surface area contributed by atoms with E-state index in [0.29, 0.717) is 13.0 Å². The molecule has 1 aliphatic heterocycles. The molecule has 1 aliphatic rings. The molecule has 0 saturated heterocycles. The average Bonchev–Trinajstić information content (AvgIpc) is 2.72. The quantitative estimate of drug-likeness (QED) is 0.724. The number of aliphatic hydroxyl groups excluding tert-OH is 1. The molecule has 1 heterocycles. The number of nitrogens with one attached hydrogen (secondary N) is 1. The van der Waals surface area contributed by atoms with Crippen LogP contribution in [0, 0.1) is 0 Å². The van der Waals surface area contributed by atoms with Gasteiger partial charge in [0.1, 0.15) is 0 Å². The molecule has 2 rings (SSSR count). The first-order valence-corrected chi connectivity index (χ1v) is 6.94. The van der Waals surface area contributed by atoms with Crippen LogP contribution in [-0.4, -0.2) is 37.8 Å². The molecule has 0 aromatic heterocycles. The highest BCUT2D eigenvalue weighted by Crippen LogP contribution is 2.30. The molecule has 1 aromatic carbocycles. The van der Waals surface area contributed by atoms with Gasteiger partial charge >= 0.3 is 0 Å². The number of carbonyl (C=O) groups is 1. The number of fused-ring (bicyclic) bond motifs is 1. The molecule has 0 bridgehead atoms. The molecule has 1 aromatic rings. The van der Waals surface area contributed by atoms with Gasteiger partial charge in [0, 0.05) is 18.8 Å². The van der Waals surface area contributed by atoms with Crippen LogP contribution in [0.4, 0.5) is 5.69 Å². The first-order chi connectivity index (χ1) is 9.26. The summed E-state index contributed by atoms with van der Waals surface area (Å²) in [5.74, 6) is 0.179. The Morgan fingerprint density at radius 1 is 1.37 bits per heavy atom. The Labute approximate surface area is 114 Å². The molecule has 0 fully saturated rings. The molecule has 0 spiro atoms. The molecular weight excluding hydrogens is 240 g/mol. The van der Waals surface area contributed by atoms with Gasteiger partial charge in [-0.05, 0) is 50.0 Å². The highest BCUT2D eigenvalue weighted by molar-refractivity contribution is 6.01. The van der Waals surface area contributed by atoms with Crippen LogP contribution in [0.3, 0.4) is 0 Å². The zero-order valence-electron chi connectivity index (χ0n) is 11.5. The fraction of sp³-hybridized carbons (Fsp3) is 0.533. The van der Waals surface area contributed by atoms with Gasteiger partial charge < -0.3 is 15.3 Å². The molecule has 4 nitrogen and oxygen atoms in total. The summed E-state index contributed by atoms with van der Waals surface area (Å²) >= 11 is 0.